The Kier molecular flexibility index (Phi) is 5.79. The van der Waals surface area contributed by atoms with Crippen molar-refractivity contribution in [1.82, 2.24) is 5.32 Å². The maximum atomic E-state index is 11.8. The molecule has 0 fully saturated rings. The zero-order valence-electron chi connectivity index (χ0n) is 9.90. The molecule has 9 heteroatoms. The molecule has 0 unspecified atom stereocenters. The number of amides is 1. The average Bonchev–Trinajstić information content (AvgIpc) is 2.56. The van der Waals surface area contributed by atoms with Crippen LogP contribution in [0.15, 0.2) is 6.07 Å². The van der Waals surface area contributed by atoms with Crippen molar-refractivity contribution in [3.8, 4) is 0 Å². The predicted molar refractivity (Wildman–Crippen MR) is 76.0 cm³/mol. The van der Waals surface area contributed by atoms with E-state index in [0.29, 0.717) is 10.9 Å². The third-order valence-corrected chi connectivity index (χ3v) is 4.92. The van der Waals surface area contributed by atoms with Crippen molar-refractivity contribution >= 4 is 56.1 Å². The third-order valence-electron chi connectivity index (χ3n) is 2.03. The molecule has 0 aliphatic rings. The van der Waals surface area contributed by atoms with E-state index in [9.17, 15) is 18.0 Å². The van der Waals surface area contributed by atoms with E-state index in [1.54, 1.807) is 6.92 Å². The minimum Gasteiger partial charge on any atom is -0.356 e. The highest BCUT2D eigenvalue weighted by Crippen LogP contribution is 2.31. The lowest BCUT2D eigenvalue weighted by molar-refractivity contribution is -0.118. The molecule has 0 bridgehead atoms. The van der Waals surface area contributed by atoms with Crippen LogP contribution in [-0.4, -0.2) is 38.2 Å². The fraction of sp³-hybridized carbons (Fsp3) is 0.400. The Balaban J connectivity index is 2.76. The topological polar surface area (TPSA) is 80.3 Å². The van der Waals surface area contributed by atoms with Gasteiger partial charge >= 0.3 is 0 Å². The minimum atomic E-state index is -3.82. The number of thiophene rings is 1. The molecule has 0 spiro atoms. The van der Waals surface area contributed by atoms with Gasteiger partial charge in [-0.1, -0.05) is 23.2 Å². The van der Waals surface area contributed by atoms with Crippen LogP contribution in [0, 0.1) is 0 Å². The Morgan fingerprint density at radius 1 is 1.32 bits per heavy atom. The molecule has 0 aliphatic carbocycles. The van der Waals surface area contributed by atoms with Gasteiger partial charge in [0.25, 0.3) is 0 Å². The fourth-order valence-corrected chi connectivity index (χ4v) is 3.96. The summed E-state index contributed by atoms with van der Waals surface area (Å²) in [5.74, 6) is -2.79. The first-order valence-corrected chi connectivity index (χ1v) is 8.59. The van der Waals surface area contributed by atoms with E-state index in [2.05, 4.69) is 5.32 Å². The second-order valence-electron chi connectivity index (χ2n) is 3.65. The molecule has 0 saturated heterocycles. The van der Waals surface area contributed by atoms with Gasteiger partial charge in [0.05, 0.1) is 4.34 Å². The molecule has 1 aromatic rings. The molecule has 1 heterocycles. The van der Waals surface area contributed by atoms with Crippen LogP contribution in [0.3, 0.4) is 0 Å². The summed E-state index contributed by atoms with van der Waals surface area (Å²) in [4.78, 5) is 23.0. The number of ketones is 1. The van der Waals surface area contributed by atoms with E-state index < -0.39 is 33.0 Å². The third kappa shape index (κ3) is 5.10. The molecule has 0 saturated carbocycles. The Morgan fingerprint density at radius 2 is 1.95 bits per heavy atom. The standard InChI is InChI=1S/C10H11Cl2NO4S2/c1-2-13-9(15)5-19(16,17)4-7(14)6-3-8(11)18-10(6)12/h3H,2,4-5H2,1H3,(H,13,15). The normalized spacial score (nSPS) is 11.3. The molecule has 1 aromatic heterocycles. The van der Waals surface area contributed by atoms with Gasteiger partial charge in [-0.25, -0.2) is 8.42 Å². The van der Waals surface area contributed by atoms with Crippen LogP contribution in [0.4, 0.5) is 0 Å². The van der Waals surface area contributed by atoms with E-state index in [1.807, 2.05) is 0 Å². The largest absolute Gasteiger partial charge is 0.356 e. The quantitative estimate of drug-likeness (QED) is 0.798. The number of Topliss-reactive ketones (excluding diaryl/α,β-unsaturated/α-hetero) is 1. The van der Waals surface area contributed by atoms with E-state index in [-0.39, 0.29) is 9.90 Å². The van der Waals surface area contributed by atoms with Crippen LogP contribution in [-0.2, 0) is 14.6 Å². The van der Waals surface area contributed by atoms with Gasteiger partial charge in [-0.2, -0.15) is 0 Å². The first kappa shape index (κ1) is 16.4. The number of hydrogen-bond donors (Lipinski definition) is 1. The van der Waals surface area contributed by atoms with Crippen LogP contribution >= 0.6 is 34.5 Å². The molecule has 0 aromatic carbocycles. The second-order valence-corrected chi connectivity index (χ2v) is 8.00. The fourth-order valence-electron chi connectivity index (χ4n) is 1.31. The molecule has 1 N–H and O–H groups in total. The molecule has 1 amide bonds. The molecule has 5 nitrogen and oxygen atoms in total. The van der Waals surface area contributed by atoms with E-state index in [4.69, 9.17) is 23.2 Å². The molecule has 19 heavy (non-hydrogen) atoms. The maximum Gasteiger partial charge on any atom is 0.235 e. The Bertz CT molecular complexity index is 595. The van der Waals surface area contributed by atoms with Gasteiger partial charge in [-0.05, 0) is 13.0 Å². The van der Waals surface area contributed by atoms with E-state index in [1.165, 1.54) is 6.07 Å². The van der Waals surface area contributed by atoms with Gasteiger partial charge in [-0.15, -0.1) is 11.3 Å². The number of carbonyl (C=O) groups is 2. The number of hydrogen-bond acceptors (Lipinski definition) is 5. The van der Waals surface area contributed by atoms with Crippen LogP contribution in [0.1, 0.15) is 17.3 Å². The summed E-state index contributed by atoms with van der Waals surface area (Å²) in [5, 5.41) is 2.36. The molecular formula is C10H11Cl2NO4S2. The van der Waals surface area contributed by atoms with Gasteiger partial charge in [0.2, 0.25) is 5.91 Å². The van der Waals surface area contributed by atoms with Crippen LogP contribution in [0.2, 0.25) is 8.67 Å². The number of rotatable bonds is 6. The zero-order chi connectivity index (χ0) is 14.6. The molecule has 0 aliphatic heterocycles. The summed E-state index contributed by atoms with van der Waals surface area (Å²) in [6, 6.07) is 1.32. The number of nitrogens with one attached hydrogen (secondary N) is 1. The van der Waals surface area contributed by atoms with Gasteiger partial charge in [0.1, 0.15) is 15.8 Å². The summed E-state index contributed by atoms with van der Waals surface area (Å²) < 4.78 is 23.8. The summed E-state index contributed by atoms with van der Waals surface area (Å²) in [6.45, 7) is 2.00. The first-order valence-electron chi connectivity index (χ1n) is 5.20. The van der Waals surface area contributed by atoms with Gasteiger partial charge in [-0.3, -0.25) is 9.59 Å². The van der Waals surface area contributed by atoms with Crippen molar-refractivity contribution in [2.45, 2.75) is 6.92 Å². The van der Waals surface area contributed by atoms with Crippen molar-refractivity contribution in [2.24, 2.45) is 0 Å². The highest BCUT2D eigenvalue weighted by Gasteiger charge is 2.23. The van der Waals surface area contributed by atoms with Crippen LogP contribution < -0.4 is 5.32 Å². The SMILES string of the molecule is CCNC(=O)CS(=O)(=O)CC(=O)c1cc(Cl)sc1Cl. The monoisotopic (exact) mass is 343 g/mol. The van der Waals surface area contributed by atoms with Gasteiger partial charge in [0.15, 0.2) is 15.6 Å². The maximum absolute atomic E-state index is 11.8. The Labute approximate surface area is 124 Å². The summed E-state index contributed by atoms with van der Waals surface area (Å²) in [5.41, 5.74) is 0.0659. The van der Waals surface area contributed by atoms with E-state index >= 15 is 0 Å². The lowest BCUT2D eigenvalue weighted by Crippen LogP contribution is -2.32. The number of halogens is 2. The van der Waals surface area contributed by atoms with Crippen molar-refractivity contribution < 1.29 is 18.0 Å². The van der Waals surface area contributed by atoms with Crippen molar-refractivity contribution in [3.05, 3.63) is 20.3 Å². The second kappa shape index (κ2) is 6.69. The van der Waals surface area contributed by atoms with Gasteiger partial charge in [0, 0.05) is 12.1 Å². The summed E-state index contributed by atoms with van der Waals surface area (Å²) in [7, 11) is -3.82. The smallest absolute Gasteiger partial charge is 0.235 e. The summed E-state index contributed by atoms with van der Waals surface area (Å²) >= 11 is 12.4. The zero-order valence-corrected chi connectivity index (χ0v) is 13.0. The average molecular weight is 344 g/mol. The highest BCUT2D eigenvalue weighted by atomic mass is 35.5. The van der Waals surface area contributed by atoms with Crippen molar-refractivity contribution in [3.63, 3.8) is 0 Å². The van der Waals surface area contributed by atoms with Crippen molar-refractivity contribution in [1.29, 1.82) is 0 Å². The molecular weight excluding hydrogens is 333 g/mol. The first-order chi connectivity index (χ1) is 8.75. The lowest BCUT2D eigenvalue weighted by Gasteiger charge is -2.03. The summed E-state index contributed by atoms with van der Waals surface area (Å²) in [6.07, 6.45) is 0. The molecule has 106 valence electrons. The van der Waals surface area contributed by atoms with Crippen LogP contribution in [0.25, 0.3) is 0 Å². The van der Waals surface area contributed by atoms with Crippen LogP contribution in [0.5, 0.6) is 0 Å². The minimum absolute atomic E-state index is 0.0659. The Morgan fingerprint density at radius 3 is 2.42 bits per heavy atom. The van der Waals surface area contributed by atoms with Crippen molar-refractivity contribution in [2.75, 3.05) is 18.1 Å². The highest BCUT2D eigenvalue weighted by molar-refractivity contribution is 7.92. The van der Waals surface area contributed by atoms with Gasteiger partial charge < -0.3 is 5.32 Å². The number of sulfone groups is 1. The molecule has 0 radical (unpaired) electrons. The predicted octanol–water partition coefficient (Wildman–Crippen LogP) is 1.79. The lowest BCUT2D eigenvalue weighted by atomic mass is 10.2. The molecule has 0 atom stereocenters. The Hall–Kier alpha value is -0.630. The molecule has 1 rings (SSSR count). The van der Waals surface area contributed by atoms with E-state index in [0.717, 1.165) is 11.3 Å². The number of carbonyl (C=O) groups excluding carboxylic acids is 2.